The van der Waals surface area contributed by atoms with E-state index in [4.69, 9.17) is 0 Å². The maximum Gasteiger partial charge on any atom is 0.227 e. The van der Waals surface area contributed by atoms with Crippen LogP contribution in [0.5, 0.6) is 0 Å². The molecular formula is C22H24N4O2. The number of nitrogens with zero attached hydrogens (tertiary/aromatic N) is 3. The van der Waals surface area contributed by atoms with E-state index in [9.17, 15) is 9.59 Å². The van der Waals surface area contributed by atoms with Crippen LogP contribution in [-0.4, -0.2) is 27.9 Å². The Hall–Kier alpha value is -3.15. The Morgan fingerprint density at radius 3 is 2.64 bits per heavy atom. The van der Waals surface area contributed by atoms with Gasteiger partial charge >= 0.3 is 0 Å². The third-order valence-corrected chi connectivity index (χ3v) is 5.45. The van der Waals surface area contributed by atoms with Crippen LogP contribution in [0.1, 0.15) is 24.7 Å². The molecule has 1 aliphatic rings. The number of anilines is 1. The van der Waals surface area contributed by atoms with E-state index in [0.717, 1.165) is 29.0 Å². The summed E-state index contributed by atoms with van der Waals surface area (Å²) in [7, 11) is 1.94. The van der Waals surface area contributed by atoms with Crippen molar-refractivity contribution < 1.29 is 9.59 Å². The molecule has 3 aromatic rings. The fourth-order valence-corrected chi connectivity index (χ4v) is 3.71. The van der Waals surface area contributed by atoms with Gasteiger partial charge in [0.15, 0.2) is 0 Å². The number of aromatic nitrogens is 2. The normalized spacial score (nSPS) is 16.7. The van der Waals surface area contributed by atoms with E-state index in [0.29, 0.717) is 13.1 Å². The summed E-state index contributed by atoms with van der Waals surface area (Å²) in [6.45, 7) is 2.86. The standard InChI is InChI=1S/C22H24N4O2/c1-3-15-8-10-17(11-9-15)26-14-16(12-21(26)27)22(28)23-13-20-24-18-6-4-5-7-19(18)25(20)2/h4-11,16H,3,12-14H2,1-2H3,(H,23,28). The van der Waals surface area contributed by atoms with Gasteiger partial charge in [-0.2, -0.15) is 0 Å². The lowest BCUT2D eigenvalue weighted by atomic mass is 10.1. The monoisotopic (exact) mass is 376 g/mol. The lowest BCUT2D eigenvalue weighted by Gasteiger charge is -2.17. The Kier molecular flexibility index (Phi) is 4.86. The average molecular weight is 376 g/mol. The smallest absolute Gasteiger partial charge is 0.227 e. The number of fused-ring (bicyclic) bond motifs is 1. The summed E-state index contributed by atoms with van der Waals surface area (Å²) in [5.41, 5.74) is 4.02. The number of carbonyl (C=O) groups excluding carboxylic acids is 2. The fraction of sp³-hybridized carbons (Fsp3) is 0.318. The number of rotatable bonds is 5. The van der Waals surface area contributed by atoms with E-state index in [1.54, 1.807) is 4.90 Å². The number of aryl methyl sites for hydroxylation is 2. The SMILES string of the molecule is CCc1ccc(N2CC(C(=O)NCc3nc4ccccc4n3C)CC2=O)cc1. The second kappa shape index (κ2) is 7.46. The third-order valence-electron chi connectivity index (χ3n) is 5.45. The average Bonchev–Trinajstić information content (AvgIpc) is 3.27. The minimum absolute atomic E-state index is 0.00729. The van der Waals surface area contributed by atoms with Gasteiger partial charge in [-0.15, -0.1) is 0 Å². The minimum Gasteiger partial charge on any atom is -0.349 e. The van der Waals surface area contributed by atoms with E-state index in [1.807, 2.05) is 60.1 Å². The third kappa shape index (κ3) is 3.38. The molecule has 2 amide bonds. The van der Waals surface area contributed by atoms with Gasteiger partial charge in [0.1, 0.15) is 5.82 Å². The summed E-state index contributed by atoms with van der Waals surface area (Å²) in [5.74, 6) is 0.346. The number of carbonyl (C=O) groups is 2. The highest BCUT2D eigenvalue weighted by Gasteiger charge is 2.35. The van der Waals surface area contributed by atoms with Gasteiger partial charge in [0.25, 0.3) is 0 Å². The van der Waals surface area contributed by atoms with Gasteiger partial charge in [0.05, 0.1) is 23.5 Å². The molecule has 1 N–H and O–H groups in total. The molecule has 0 aliphatic carbocycles. The van der Waals surface area contributed by atoms with Crippen molar-refractivity contribution in [3.8, 4) is 0 Å². The van der Waals surface area contributed by atoms with Gasteiger partial charge in [0.2, 0.25) is 11.8 Å². The molecular weight excluding hydrogens is 352 g/mol. The van der Waals surface area contributed by atoms with E-state index in [2.05, 4.69) is 17.2 Å². The van der Waals surface area contributed by atoms with Crippen molar-refractivity contribution in [2.24, 2.45) is 13.0 Å². The number of imidazole rings is 1. The largest absolute Gasteiger partial charge is 0.349 e. The highest BCUT2D eigenvalue weighted by Crippen LogP contribution is 2.26. The molecule has 144 valence electrons. The Morgan fingerprint density at radius 1 is 1.18 bits per heavy atom. The number of nitrogens with one attached hydrogen (secondary N) is 1. The van der Waals surface area contributed by atoms with Crippen LogP contribution < -0.4 is 10.2 Å². The first-order chi connectivity index (χ1) is 13.6. The Bertz CT molecular complexity index is 1020. The van der Waals surface area contributed by atoms with Gasteiger partial charge in [-0.1, -0.05) is 31.2 Å². The maximum absolute atomic E-state index is 12.6. The van der Waals surface area contributed by atoms with E-state index in [-0.39, 0.29) is 24.2 Å². The summed E-state index contributed by atoms with van der Waals surface area (Å²) in [6.07, 6.45) is 1.20. The molecule has 2 heterocycles. The molecule has 0 saturated carbocycles. The van der Waals surface area contributed by atoms with Crippen molar-refractivity contribution >= 4 is 28.5 Å². The molecule has 1 aliphatic heterocycles. The van der Waals surface area contributed by atoms with Gasteiger partial charge < -0.3 is 14.8 Å². The molecule has 2 aromatic carbocycles. The van der Waals surface area contributed by atoms with Crippen LogP contribution in [0.2, 0.25) is 0 Å². The quantitative estimate of drug-likeness (QED) is 0.745. The first kappa shape index (κ1) is 18.2. The Morgan fingerprint density at radius 2 is 1.93 bits per heavy atom. The second-order valence-electron chi connectivity index (χ2n) is 7.22. The van der Waals surface area contributed by atoms with Crippen molar-refractivity contribution in [1.29, 1.82) is 0 Å². The number of hydrogen-bond donors (Lipinski definition) is 1. The topological polar surface area (TPSA) is 67.2 Å². The molecule has 6 heteroatoms. The summed E-state index contributed by atoms with van der Waals surface area (Å²) >= 11 is 0. The number of amides is 2. The predicted molar refractivity (Wildman–Crippen MR) is 109 cm³/mol. The van der Waals surface area contributed by atoms with Crippen LogP contribution >= 0.6 is 0 Å². The molecule has 0 spiro atoms. The lowest BCUT2D eigenvalue weighted by Crippen LogP contribution is -2.33. The zero-order valence-corrected chi connectivity index (χ0v) is 16.2. The highest BCUT2D eigenvalue weighted by atomic mass is 16.2. The number of hydrogen-bond acceptors (Lipinski definition) is 3. The van der Waals surface area contributed by atoms with Crippen LogP contribution in [0.25, 0.3) is 11.0 Å². The van der Waals surface area contributed by atoms with Crippen LogP contribution in [0.3, 0.4) is 0 Å². The van der Waals surface area contributed by atoms with E-state index < -0.39 is 0 Å². The molecule has 6 nitrogen and oxygen atoms in total. The van der Waals surface area contributed by atoms with Crippen LogP contribution in [0.4, 0.5) is 5.69 Å². The Balaban J connectivity index is 1.41. The molecule has 1 unspecified atom stereocenters. The minimum atomic E-state index is -0.340. The zero-order valence-electron chi connectivity index (χ0n) is 16.2. The summed E-state index contributed by atoms with van der Waals surface area (Å²) in [5, 5.41) is 2.95. The lowest BCUT2D eigenvalue weighted by molar-refractivity contribution is -0.126. The van der Waals surface area contributed by atoms with Crippen molar-refractivity contribution in [3.63, 3.8) is 0 Å². The second-order valence-corrected chi connectivity index (χ2v) is 7.22. The van der Waals surface area contributed by atoms with Gasteiger partial charge in [-0.25, -0.2) is 4.98 Å². The summed E-state index contributed by atoms with van der Waals surface area (Å²) < 4.78 is 1.98. The van der Waals surface area contributed by atoms with Crippen LogP contribution in [0.15, 0.2) is 48.5 Å². The van der Waals surface area contributed by atoms with Crippen molar-refractivity contribution in [3.05, 3.63) is 59.9 Å². The van der Waals surface area contributed by atoms with Gasteiger partial charge in [0, 0.05) is 25.7 Å². The van der Waals surface area contributed by atoms with Crippen LogP contribution in [-0.2, 0) is 29.6 Å². The first-order valence-corrected chi connectivity index (χ1v) is 9.64. The number of para-hydroxylation sites is 2. The zero-order chi connectivity index (χ0) is 19.7. The molecule has 1 saturated heterocycles. The molecule has 4 rings (SSSR count). The van der Waals surface area contributed by atoms with Crippen molar-refractivity contribution in [2.75, 3.05) is 11.4 Å². The molecule has 0 bridgehead atoms. The molecule has 1 aromatic heterocycles. The fourth-order valence-electron chi connectivity index (χ4n) is 3.71. The molecule has 0 radical (unpaired) electrons. The summed E-state index contributed by atoms with van der Waals surface area (Å²) in [4.78, 5) is 31.3. The van der Waals surface area contributed by atoms with E-state index in [1.165, 1.54) is 5.56 Å². The number of benzene rings is 2. The Labute approximate surface area is 164 Å². The highest BCUT2D eigenvalue weighted by molar-refractivity contribution is 6.00. The van der Waals surface area contributed by atoms with E-state index >= 15 is 0 Å². The molecule has 28 heavy (non-hydrogen) atoms. The first-order valence-electron chi connectivity index (χ1n) is 9.64. The summed E-state index contributed by atoms with van der Waals surface area (Å²) in [6, 6.07) is 15.8. The predicted octanol–water partition coefficient (Wildman–Crippen LogP) is 2.81. The van der Waals surface area contributed by atoms with Crippen LogP contribution in [0, 0.1) is 5.92 Å². The van der Waals surface area contributed by atoms with Gasteiger partial charge in [-0.3, -0.25) is 9.59 Å². The van der Waals surface area contributed by atoms with Crippen molar-refractivity contribution in [2.45, 2.75) is 26.3 Å². The molecule has 1 fully saturated rings. The van der Waals surface area contributed by atoms with Gasteiger partial charge in [-0.05, 0) is 36.2 Å². The van der Waals surface area contributed by atoms with Crippen molar-refractivity contribution in [1.82, 2.24) is 14.9 Å². The molecule has 1 atom stereocenters. The maximum atomic E-state index is 12.6.